The fourth-order valence-corrected chi connectivity index (χ4v) is 6.56. The van der Waals surface area contributed by atoms with Crippen molar-refractivity contribution in [1.29, 1.82) is 5.26 Å². The smallest absolute Gasteiger partial charge is 0.256 e. The molecule has 0 aliphatic heterocycles. The summed E-state index contributed by atoms with van der Waals surface area (Å²) in [5.41, 5.74) is 2.01. The number of unbranched alkanes of at least 4 members (excludes halogenated alkanes) is 1. The Hall–Kier alpha value is -2.21. The highest BCUT2D eigenvalue weighted by atomic mass is 32.2. The van der Waals surface area contributed by atoms with Gasteiger partial charge in [0.05, 0.1) is 10.5 Å². The van der Waals surface area contributed by atoms with Gasteiger partial charge in [-0.05, 0) is 61.9 Å². The number of nitriles is 1. The van der Waals surface area contributed by atoms with Crippen molar-refractivity contribution in [3.63, 3.8) is 0 Å². The number of carbonyl (C=O) groups is 1. The lowest BCUT2D eigenvalue weighted by Gasteiger charge is -2.20. The van der Waals surface area contributed by atoms with Crippen LogP contribution in [0.5, 0.6) is 0 Å². The first-order chi connectivity index (χ1) is 14.9. The lowest BCUT2D eigenvalue weighted by Crippen LogP contribution is -2.31. The van der Waals surface area contributed by atoms with E-state index in [1.54, 1.807) is 0 Å². The Kier molecular flexibility index (Phi) is 7.87. The number of thiophene rings is 1. The summed E-state index contributed by atoms with van der Waals surface area (Å²) in [7, 11) is -3.58. The highest BCUT2D eigenvalue weighted by molar-refractivity contribution is 7.89. The topological polar surface area (TPSA) is 90.3 Å². The van der Waals surface area contributed by atoms with Gasteiger partial charge in [-0.3, -0.25) is 4.79 Å². The van der Waals surface area contributed by atoms with Gasteiger partial charge < -0.3 is 5.32 Å². The number of fused-ring (bicyclic) bond motifs is 1. The van der Waals surface area contributed by atoms with E-state index in [1.807, 2.05) is 13.8 Å². The molecule has 0 radical (unpaired) electrons. The number of nitrogens with zero attached hydrogens (tertiary/aromatic N) is 2. The normalized spacial score (nSPS) is 14.0. The molecule has 0 spiro atoms. The van der Waals surface area contributed by atoms with Crippen LogP contribution < -0.4 is 5.32 Å². The molecule has 0 saturated heterocycles. The highest BCUT2D eigenvalue weighted by Crippen LogP contribution is 2.37. The lowest BCUT2D eigenvalue weighted by molar-refractivity contribution is 0.102. The van der Waals surface area contributed by atoms with Gasteiger partial charge in [0.2, 0.25) is 10.0 Å². The molecule has 1 aromatic carbocycles. The van der Waals surface area contributed by atoms with Crippen molar-refractivity contribution in [2.75, 3.05) is 18.4 Å². The summed E-state index contributed by atoms with van der Waals surface area (Å²) in [5, 5.41) is 13.1. The molecule has 1 N–H and O–H groups in total. The van der Waals surface area contributed by atoms with E-state index in [1.165, 1.54) is 44.8 Å². The molecule has 1 aliphatic carbocycles. The third-order valence-corrected chi connectivity index (χ3v) is 8.82. The Balaban J connectivity index is 1.78. The molecular formula is C23H29N3O3S2. The maximum absolute atomic E-state index is 12.9. The summed E-state index contributed by atoms with van der Waals surface area (Å²) in [5.74, 6) is -0.338. The first kappa shape index (κ1) is 23.5. The molecule has 1 aromatic heterocycles. The van der Waals surface area contributed by atoms with E-state index >= 15 is 0 Å². The maximum Gasteiger partial charge on any atom is 0.256 e. The third kappa shape index (κ3) is 5.17. The molecule has 31 heavy (non-hydrogen) atoms. The molecular weight excluding hydrogens is 430 g/mol. The number of carbonyl (C=O) groups excluding carboxylic acids is 1. The van der Waals surface area contributed by atoms with Gasteiger partial charge in [0.1, 0.15) is 11.1 Å². The molecule has 166 valence electrons. The monoisotopic (exact) mass is 459 g/mol. The summed E-state index contributed by atoms with van der Waals surface area (Å²) < 4.78 is 27.2. The van der Waals surface area contributed by atoms with Gasteiger partial charge in [0.25, 0.3) is 5.91 Å². The Morgan fingerprint density at radius 1 is 1.16 bits per heavy atom. The first-order valence-electron chi connectivity index (χ1n) is 10.9. The SMILES string of the molecule is CCCCN(CC)S(=O)(=O)c1ccc(C(=O)Nc2sc3c(c2C#N)CCCCC3)cc1. The largest absolute Gasteiger partial charge is 0.312 e. The van der Waals surface area contributed by atoms with E-state index < -0.39 is 10.0 Å². The van der Waals surface area contributed by atoms with E-state index in [-0.39, 0.29) is 10.8 Å². The summed E-state index contributed by atoms with van der Waals surface area (Å²) >= 11 is 1.49. The van der Waals surface area contributed by atoms with Crippen molar-refractivity contribution in [2.45, 2.75) is 63.7 Å². The molecule has 0 unspecified atom stereocenters. The molecule has 8 heteroatoms. The van der Waals surface area contributed by atoms with Crippen LogP contribution in [0, 0.1) is 11.3 Å². The Labute approximate surface area is 188 Å². The quantitative estimate of drug-likeness (QED) is 0.566. The summed E-state index contributed by atoms with van der Waals surface area (Å²) in [4.78, 5) is 14.2. The molecule has 1 aliphatic rings. The number of rotatable bonds is 8. The average Bonchev–Trinajstić information content (AvgIpc) is 2.92. The Bertz CT molecular complexity index is 1070. The van der Waals surface area contributed by atoms with Gasteiger partial charge in [-0.25, -0.2) is 8.42 Å². The second kappa shape index (κ2) is 10.4. The van der Waals surface area contributed by atoms with Crippen LogP contribution in [-0.4, -0.2) is 31.7 Å². The van der Waals surface area contributed by atoms with Crippen LogP contribution in [0.25, 0.3) is 0 Å². The summed E-state index contributed by atoms with van der Waals surface area (Å²) in [6, 6.07) is 8.28. The lowest BCUT2D eigenvalue weighted by atomic mass is 10.1. The zero-order chi connectivity index (χ0) is 22.4. The van der Waals surface area contributed by atoms with Crippen LogP contribution >= 0.6 is 11.3 Å². The molecule has 3 rings (SSSR count). The van der Waals surface area contributed by atoms with Gasteiger partial charge in [0, 0.05) is 23.5 Å². The standard InChI is InChI=1S/C23H29N3O3S2/c1-3-5-15-26(4-2)31(28,29)18-13-11-17(12-14-18)22(27)25-23-20(16-24)19-9-7-6-8-10-21(19)30-23/h11-14H,3-10,15H2,1-2H3,(H,25,27). The van der Waals surface area contributed by atoms with Crippen molar-refractivity contribution in [3.05, 3.63) is 45.8 Å². The zero-order valence-corrected chi connectivity index (χ0v) is 19.7. The Morgan fingerprint density at radius 3 is 2.52 bits per heavy atom. The van der Waals surface area contributed by atoms with E-state index in [2.05, 4.69) is 11.4 Å². The van der Waals surface area contributed by atoms with Crippen molar-refractivity contribution in [2.24, 2.45) is 0 Å². The van der Waals surface area contributed by atoms with Crippen molar-refractivity contribution < 1.29 is 13.2 Å². The molecule has 2 aromatic rings. The molecule has 0 bridgehead atoms. The number of anilines is 1. The molecule has 6 nitrogen and oxygen atoms in total. The number of hydrogen-bond donors (Lipinski definition) is 1. The number of amides is 1. The molecule has 1 amide bonds. The van der Waals surface area contributed by atoms with Crippen LogP contribution in [0.2, 0.25) is 0 Å². The van der Waals surface area contributed by atoms with Crippen LogP contribution in [-0.2, 0) is 22.9 Å². The van der Waals surface area contributed by atoms with Crippen LogP contribution in [0.1, 0.15) is 72.3 Å². The molecule has 0 atom stereocenters. The van der Waals surface area contributed by atoms with Gasteiger partial charge in [0.15, 0.2) is 0 Å². The Morgan fingerprint density at radius 2 is 1.87 bits per heavy atom. The van der Waals surface area contributed by atoms with Gasteiger partial charge in [-0.1, -0.05) is 26.7 Å². The third-order valence-electron chi connectivity index (χ3n) is 5.63. The molecule has 0 saturated carbocycles. The van der Waals surface area contributed by atoms with E-state index in [9.17, 15) is 18.5 Å². The second-order valence-electron chi connectivity index (χ2n) is 7.71. The number of hydrogen-bond acceptors (Lipinski definition) is 5. The van der Waals surface area contributed by atoms with E-state index in [4.69, 9.17) is 0 Å². The highest BCUT2D eigenvalue weighted by Gasteiger charge is 2.24. The van der Waals surface area contributed by atoms with Crippen LogP contribution in [0.15, 0.2) is 29.2 Å². The van der Waals surface area contributed by atoms with Crippen molar-refractivity contribution in [1.82, 2.24) is 4.31 Å². The molecule has 1 heterocycles. The van der Waals surface area contributed by atoms with Crippen molar-refractivity contribution in [3.8, 4) is 6.07 Å². The van der Waals surface area contributed by atoms with Crippen LogP contribution in [0.4, 0.5) is 5.00 Å². The predicted molar refractivity (Wildman–Crippen MR) is 124 cm³/mol. The summed E-state index contributed by atoms with van der Waals surface area (Å²) in [6.07, 6.45) is 6.88. The maximum atomic E-state index is 12.9. The number of sulfonamides is 1. The van der Waals surface area contributed by atoms with Gasteiger partial charge >= 0.3 is 0 Å². The molecule has 0 fully saturated rings. The minimum absolute atomic E-state index is 0.183. The average molecular weight is 460 g/mol. The fourth-order valence-electron chi connectivity index (χ4n) is 3.83. The van der Waals surface area contributed by atoms with Crippen LogP contribution in [0.3, 0.4) is 0 Å². The fraction of sp³-hybridized carbons (Fsp3) is 0.478. The second-order valence-corrected chi connectivity index (χ2v) is 10.8. The minimum Gasteiger partial charge on any atom is -0.312 e. The predicted octanol–water partition coefficient (Wildman–Crippen LogP) is 4.95. The number of aryl methyl sites for hydroxylation is 1. The first-order valence-corrected chi connectivity index (χ1v) is 13.1. The minimum atomic E-state index is -3.58. The van der Waals surface area contributed by atoms with Gasteiger partial charge in [-0.15, -0.1) is 11.3 Å². The number of nitrogens with one attached hydrogen (secondary N) is 1. The zero-order valence-electron chi connectivity index (χ0n) is 18.1. The number of benzene rings is 1. The van der Waals surface area contributed by atoms with E-state index in [0.717, 1.165) is 50.5 Å². The van der Waals surface area contributed by atoms with Crippen molar-refractivity contribution >= 4 is 32.3 Å². The van der Waals surface area contributed by atoms with Gasteiger partial charge in [-0.2, -0.15) is 9.57 Å². The summed E-state index contributed by atoms with van der Waals surface area (Å²) in [6.45, 7) is 4.74. The van der Waals surface area contributed by atoms with E-state index in [0.29, 0.717) is 29.2 Å².